The van der Waals surface area contributed by atoms with Crippen molar-refractivity contribution < 1.29 is 22.8 Å². The molecule has 0 atom stereocenters. The van der Waals surface area contributed by atoms with Crippen molar-refractivity contribution in [2.24, 2.45) is 0 Å². The Morgan fingerprint density at radius 3 is 2.12 bits per heavy atom. The number of alkyl halides is 3. The van der Waals surface area contributed by atoms with Gasteiger partial charge in [-0.25, -0.2) is 4.98 Å². The normalized spacial score (nSPS) is 16.5. The van der Waals surface area contributed by atoms with Crippen LogP contribution in [-0.4, -0.2) is 21.5 Å². The molecule has 1 aromatic heterocycles. The van der Waals surface area contributed by atoms with Crippen molar-refractivity contribution in [1.82, 2.24) is 9.97 Å². The second kappa shape index (κ2) is 3.77. The molecule has 0 spiro atoms. The van der Waals surface area contributed by atoms with E-state index in [9.17, 15) is 22.8 Å². The minimum absolute atomic E-state index is 0.132. The first kappa shape index (κ1) is 12.5. The van der Waals surface area contributed by atoms with Crippen LogP contribution < -0.4 is 0 Å². The Kier molecular flexibility index (Phi) is 2.77. The van der Waals surface area contributed by atoms with Crippen molar-refractivity contribution in [2.75, 3.05) is 0 Å². The molecule has 0 bridgehead atoms. The van der Waals surface area contributed by atoms with Gasteiger partial charge in [-0.15, -0.1) is 0 Å². The topological polar surface area (TPSA) is 62.8 Å². The van der Waals surface area contributed by atoms with E-state index in [1.54, 1.807) is 0 Å². The number of fused-ring (bicyclic) bond motifs is 1. The monoisotopic (exact) mass is 372 g/mol. The van der Waals surface area contributed by atoms with E-state index in [0.29, 0.717) is 0 Å². The Morgan fingerprint density at radius 2 is 1.59 bits per heavy atom. The third kappa shape index (κ3) is 1.86. The summed E-state index contributed by atoms with van der Waals surface area (Å²) in [6.07, 6.45) is -4.74. The van der Waals surface area contributed by atoms with Crippen LogP contribution in [0.2, 0.25) is 0 Å². The van der Waals surface area contributed by atoms with Gasteiger partial charge in [0.25, 0.3) is 0 Å². The molecular formula is C8HBr2F3N2O2. The van der Waals surface area contributed by atoms with Gasteiger partial charge in [-0.2, -0.15) is 13.2 Å². The zero-order valence-corrected chi connectivity index (χ0v) is 10.8. The lowest BCUT2D eigenvalue weighted by atomic mass is 10.1. The lowest BCUT2D eigenvalue weighted by molar-refractivity contribution is -0.144. The van der Waals surface area contributed by atoms with Crippen LogP contribution in [0.5, 0.6) is 0 Å². The van der Waals surface area contributed by atoms with Crippen molar-refractivity contribution in [2.45, 2.75) is 6.18 Å². The lowest BCUT2D eigenvalue weighted by Gasteiger charge is -2.08. The van der Waals surface area contributed by atoms with E-state index < -0.39 is 35.0 Å². The summed E-state index contributed by atoms with van der Waals surface area (Å²) in [6.45, 7) is 0. The summed E-state index contributed by atoms with van der Waals surface area (Å²) in [5.41, 5.74) is -0.991. The summed E-state index contributed by atoms with van der Waals surface area (Å²) in [7, 11) is 0. The highest BCUT2D eigenvalue weighted by Crippen LogP contribution is 2.34. The number of nitrogens with one attached hydrogen (secondary N) is 1. The second-order valence-electron chi connectivity index (χ2n) is 3.09. The average molecular weight is 374 g/mol. The van der Waals surface area contributed by atoms with Crippen LogP contribution in [0.1, 0.15) is 26.8 Å². The molecule has 4 nitrogen and oxygen atoms in total. The van der Waals surface area contributed by atoms with Gasteiger partial charge >= 0.3 is 6.18 Å². The molecule has 1 N–H and O–H groups in total. The minimum atomic E-state index is -4.74. The fraction of sp³-hybridized carbons (Fsp3) is 0.125. The zero-order valence-electron chi connectivity index (χ0n) is 7.65. The van der Waals surface area contributed by atoms with Crippen LogP contribution in [0.4, 0.5) is 13.2 Å². The molecule has 0 aliphatic heterocycles. The van der Waals surface area contributed by atoms with Crippen LogP contribution in [0.25, 0.3) is 0 Å². The SMILES string of the molecule is O=C1C(Br)=C(Br)C(=O)c2[nH]c(C(F)(F)F)nc21. The predicted molar refractivity (Wildman–Crippen MR) is 57.1 cm³/mol. The maximum Gasteiger partial charge on any atom is 0.449 e. The number of allylic oxidation sites excluding steroid dienone is 2. The number of H-pyrrole nitrogens is 1. The second-order valence-corrected chi connectivity index (χ2v) is 4.68. The van der Waals surface area contributed by atoms with Gasteiger partial charge in [0.15, 0.2) is 0 Å². The van der Waals surface area contributed by atoms with Crippen LogP contribution in [0.3, 0.4) is 0 Å². The van der Waals surface area contributed by atoms with Gasteiger partial charge in [0.05, 0.1) is 8.96 Å². The molecule has 0 saturated carbocycles. The Balaban J connectivity index is 2.63. The van der Waals surface area contributed by atoms with Crippen molar-refractivity contribution in [1.29, 1.82) is 0 Å². The van der Waals surface area contributed by atoms with E-state index in [4.69, 9.17) is 0 Å². The van der Waals surface area contributed by atoms with E-state index in [0.717, 1.165) is 0 Å². The Hall–Kier alpha value is -0.960. The predicted octanol–water partition coefficient (Wildman–Crippen LogP) is 2.81. The fourth-order valence-corrected chi connectivity index (χ4v) is 2.00. The quantitative estimate of drug-likeness (QED) is 0.760. The molecule has 0 radical (unpaired) electrons. The van der Waals surface area contributed by atoms with E-state index in [2.05, 4.69) is 36.8 Å². The number of hydrogen-bond donors (Lipinski definition) is 1. The minimum Gasteiger partial charge on any atom is -0.331 e. The van der Waals surface area contributed by atoms with Crippen molar-refractivity contribution in [3.8, 4) is 0 Å². The highest BCUT2D eigenvalue weighted by Gasteiger charge is 2.40. The van der Waals surface area contributed by atoms with Gasteiger partial charge in [-0.1, -0.05) is 0 Å². The number of rotatable bonds is 0. The zero-order chi connectivity index (χ0) is 13.0. The van der Waals surface area contributed by atoms with Gasteiger partial charge in [-0.05, 0) is 31.9 Å². The first-order valence-electron chi connectivity index (χ1n) is 4.05. The van der Waals surface area contributed by atoms with Crippen LogP contribution in [0, 0.1) is 0 Å². The number of carbonyl (C=O) groups excluding carboxylic acids is 2. The summed E-state index contributed by atoms with van der Waals surface area (Å²) in [5, 5.41) is 0. The standard InChI is InChI=1S/C8HBr2F3N2O2/c9-1-2(10)6(17)4-3(5(1)16)14-7(15-4)8(11,12)13/h(H,14,15). The number of ketones is 2. The number of aromatic nitrogens is 2. The summed E-state index contributed by atoms with van der Waals surface area (Å²) in [6, 6.07) is 0. The van der Waals surface area contributed by atoms with Gasteiger partial charge in [0, 0.05) is 0 Å². The smallest absolute Gasteiger partial charge is 0.331 e. The molecule has 9 heteroatoms. The maximum absolute atomic E-state index is 12.4. The molecule has 0 fully saturated rings. The molecular weight excluding hydrogens is 373 g/mol. The highest BCUT2D eigenvalue weighted by molar-refractivity contribution is 9.14. The molecule has 1 aliphatic rings. The average Bonchev–Trinajstić information content (AvgIpc) is 2.67. The number of aromatic amines is 1. The van der Waals surface area contributed by atoms with Crippen LogP contribution >= 0.6 is 31.9 Å². The molecule has 1 aromatic rings. The van der Waals surface area contributed by atoms with Crippen LogP contribution in [-0.2, 0) is 6.18 Å². The Bertz CT molecular complexity index is 532. The maximum atomic E-state index is 12.4. The number of carbonyl (C=O) groups is 2. The Morgan fingerprint density at radius 1 is 1.06 bits per heavy atom. The summed E-state index contributed by atoms with van der Waals surface area (Å²) in [5.74, 6) is -2.90. The lowest BCUT2D eigenvalue weighted by Crippen LogP contribution is -2.17. The molecule has 2 rings (SSSR count). The Labute approximate surface area is 109 Å². The first-order chi connectivity index (χ1) is 7.73. The summed E-state index contributed by atoms with van der Waals surface area (Å²) in [4.78, 5) is 28.1. The van der Waals surface area contributed by atoms with Crippen LogP contribution in [0.15, 0.2) is 8.96 Å². The van der Waals surface area contributed by atoms with Crippen molar-refractivity contribution in [3.05, 3.63) is 26.2 Å². The van der Waals surface area contributed by atoms with Crippen molar-refractivity contribution >= 4 is 43.4 Å². The third-order valence-corrected chi connectivity index (χ3v) is 4.05. The molecule has 1 heterocycles. The van der Waals surface area contributed by atoms with E-state index in [1.165, 1.54) is 0 Å². The van der Waals surface area contributed by atoms with Gasteiger partial charge < -0.3 is 4.98 Å². The van der Waals surface area contributed by atoms with E-state index >= 15 is 0 Å². The molecule has 90 valence electrons. The van der Waals surface area contributed by atoms with Gasteiger partial charge in [0.2, 0.25) is 17.4 Å². The summed E-state index contributed by atoms with van der Waals surface area (Å²) >= 11 is 5.64. The van der Waals surface area contributed by atoms with E-state index in [1.807, 2.05) is 4.98 Å². The largest absolute Gasteiger partial charge is 0.449 e. The number of hydrogen-bond acceptors (Lipinski definition) is 3. The molecule has 1 aliphatic carbocycles. The van der Waals surface area contributed by atoms with Gasteiger partial charge in [0.1, 0.15) is 11.4 Å². The number of halogens is 5. The molecule has 0 aromatic carbocycles. The highest BCUT2D eigenvalue weighted by atomic mass is 79.9. The van der Waals surface area contributed by atoms with E-state index in [-0.39, 0.29) is 8.96 Å². The number of imidazole rings is 1. The third-order valence-electron chi connectivity index (χ3n) is 2.01. The van der Waals surface area contributed by atoms with Crippen molar-refractivity contribution in [3.63, 3.8) is 0 Å². The molecule has 0 saturated heterocycles. The number of Topliss-reactive ketones (excluding diaryl/α,β-unsaturated/α-hetero) is 2. The number of nitrogens with zero attached hydrogens (tertiary/aromatic N) is 1. The molecule has 0 unspecified atom stereocenters. The first-order valence-corrected chi connectivity index (χ1v) is 5.64. The summed E-state index contributed by atoms with van der Waals surface area (Å²) < 4.78 is 36.8. The molecule has 0 amide bonds. The fourth-order valence-electron chi connectivity index (χ4n) is 1.25. The van der Waals surface area contributed by atoms with Gasteiger partial charge in [-0.3, -0.25) is 9.59 Å². The molecule has 17 heavy (non-hydrogen) atoms.